The summed E-state index contributed by atoms with van der Waals surface area (Å²) in [4.78, 5) is 0. The molecule has 0 radical (unpaired) electrons. The minimum Gasteiger partial charge on any atom is -0.207 e. The molecule has 0 atom stereocenters. The lowest BCUT2D eigenvalue weighted by molar-refractivity contribution is 0.604. The normalized spacial score (nSPS) is 10.0. The molecular formula is C16H14FN. The molecule has 2 heteroatoms. The highest BCUT2D eigenvalue weighted by atomic mass is 19.1. The van der Waals surface area contributed by atoms with Crippen molar-refractivity contribution in [2.45, 2.75) is 19.3 Å². The highest BCUT2D eigenvalue weighted by Crippen LogP contribution is 2.12. The zero-order valence-electron chi connectivity index (χ0n) is 10.1. The van der Waals surface area contributed by atoms with Gasteiger partial charge in [-0.3, -0.25) is 0 Å². The van der Waals surface area contributed by atoms with Gasteiger partial charge in [0, 0.05) is 0 Å². The fourth-order valence-corrected chi connectivity index (χ4v) is 1.93. The molecular weight excluding hydrogens is 225 g/mol. The first-order valence-electron chi connectivity index (χ1n) is 6.02. The molecule has 0 saturated carbocycles. The molecule has 0 aliphatic carbocycles. The van der Waals surface area contributed by atoms with Gasteiger partial charge in [-0.2, -0.15) is 5.26 Å². The summed E-state index contributed by atoms with van der Waals surface area (Å²) in [6.07, 6.45) is 2.56. The highest BCUT2D eigenvalue weighted by molar-refractivity contribution is 5.31. The van der Waals surface area contributed by atoms with Crippen LogP contribution in [0.3, 0.4) is 0 Å². The van der Waals surface area contributed by atoms with E-state index < -0.39 is 0 Å². The van der Waals surface area contributed by atoms with Crippen molar-refractivity contribution in [2.24, 2.45) is 0 Å². The van der Waals surface area contributed by atoms with Gasteiger partial charge >= 0.3 is 0 Å². The Hall–Kier alpha value is -2.14. The Morgan fingerprint density at radius 2 is 1.67 bits per heavy atom. The molecule has 0 N–H and O–H groups in total. The topological polar surface area (TPSA) is 23.8 Å². The summed E-state index contributed by atoms with van der Waals surface area (Å²) in [6.45, 7) is 0. The van der Waals surface area contributed by atoms with Crippen LogP contribution in [0.5, 0.6) is 0 Å². The first-order chi connectivity index (χ1) is 8.79. The summed E-state index contributed by atoms with van der Waals surface area (Å²) < 4.78 is 13.4. The van der Waals surface area contributed by atoms with Gasteiger partial charge in [0.2, 0.25) is 0 Å². The Balaban J connectivity index is 1.89. The lowest BCUT2D eigenvalue weighted by Crippen LogP contribution is -1.93. The Bertz CT molecular complexity index is 552. The molecule has 0 heterocycles. The predicted octanol–water partition coefficient (Wildman–Crippen LogP) is 3.87. The van der Waals surface area contributed by atoms with Crippen LogP contribution in [0.4, 0.5) is 4.39 Å². The SMILES string of the molecule is N#Cc1ccc(CCCc2ccccc2F)cc1. The Morgan fingerprint density at radius 1 is 0.944 bits per heavy atom. The van der Waals surface area contributed by atoms with Crippen LogP contribution in [0.2, 0.25) is 0 Å². The summed E-state index contributed by atoms with van der Waals surface area (Å²) in [5, 5.41) is 8.69. The first kappa shape index (κ1) is 12.3. The molecule has 0 unspecified atom stereocenters. The van der Waals surface area contributed by atoms with Gasteiger partial charge in [-0.1, -0.05) is 30.3 Å². The van der Waals surface area contributed by atoms with Crippen LogP contribution >= 0.6 is 0 Å². The highest BCUT2D eigenvalue weighted by Gasteiger charge is 2.00. The van der Waals surface area contributed by atoms with E-state index in [9.17, 15) is 4.39 Å². The average molecular weight is 239 g/mol. The van der Waals surface area contributed by atoms with E-state index in [2.05, 4.69) is 6.07 Å². The van der Waals surface area contributed by atoms with Crippen LogP contribution in [0.15, 0.2) is 48.5 Å². The van der Waals surface area contributed by atoms with E-state index in [0.29, 0.717) is 5.56 Å². The second-order valence-electron chi connectivity index (χ2n) is 4.25. The maximum Gasteiger partial charge on any atom is 0.126 e. The zero-order chi connectivity index (χ0) is 12.8. The molecule has 0 fully saturated rings. The minimum absolute atomic E-state index is 0.127. The molecule has 1 nitrogen and oxygen atoms in total. The number of rotatable bonds is 4. The van der Waals surface area contributed by atoms with E-state index in [-0.39, 0.29) is 5.82 Å². The first-order valence-corrected chi connectivity index (χ1v) is 6.02. The van der Waals surface area contributed by atoms with Gasteiger partial charge in [-0.15, -0.1) is 0 Å². The van der Waals surface area contributed by atoms with Crippen LogP contribution in [-0.2, 0) is 12.8 Å². The van der Waals surface area contributed by atoms with E-state index in [1.54, 1.807) is 6.07 Å². The molecule has 0 bridgehead atoms. The lowest BCUT2D eigenvalue weighted by atomic mass is 10.0. The van der Waals surface area contributed by atoms with Crippen molar-refractivity contribution in [3.05, 3.63) is 71.0 Å². The molecule has 0 aliphatic heterocycles. The molecule has 0 amide bonds. The second kappa shape index (κ2) is 5.97. The Labute approximate surface area is 107 Å². The quantitative estimate of drug-likeness (QED) is 0.794. The van der Waals surface area contributed by atoms with Crippen LogP contribution in [-0.4, -0.2) is 0 Å². The Morgan fingerprint density at radius 3 is 2.33 bits per heavy atom. The van der Waals surface area contributed by atoms with E-state index in [0.717, 1.165) is 24.8 Å². The van der Waals surface area contributed by atoms with Crippen molar-refractivity contribution in [3.8, 4) is 6.07 Å². The molecule has 0 spiro atoms. The molecule has 0 aromatic heterocycles. The summed E-state index contributed by atoms with van der Waals surface area (Å²) in [5.41, 5.74) is 2.63. The van der Waals surface area contributed by atoms with Crippen molar-refractivity contribution in [1.82, 2.24) is 0 Å². The molecule has 0 aliphatic rings. The number of hydrogen-bond donors (Lipinski definition) is 0. The van der Waals surface area contributed by atoms with Crippen LogP contribution in [0, 0.1) is 17.1 Å². The largest absolute Gasteiger partial charge is 0.207 e. The van der Waals surface area contributed by atoms with Gasteiger partial charge in [0.05, 0.1) is 11.6 Å². The number of halogens is 1. The zero-order valence-corrected chi connectivity index (χ0v) is 10.1. The standard InChI is InChI=1S/C16H14FN/c17-16-7-2-1-5-15(16)6-3-4-13-8-10-14(12-18)11-9-13/h1-2,5,7-11H,3-4,6H2. The predicted molar refractivity (Wildman–Crippen MR) is 69.6 cm³/mol. The van der Waals surface area contributed by atoms with Crippen LogP contribution in [0.25, 0.3) is 0 Å². The number of nitrogens with zero attached hydrogens (tertiary/aromatic N) is 1. The van der Waals surface area contributed by atoms with Crippen molar-refractivity contribution in [2.75, 3.05) is 0 Å². The summed E-state index contributed by atoms with van der Waals surface area (Å²) >= 11 is 0. The summed E-state index contributed by atoms with van der Waals surface area (Å²) in [6, 6.07) is 16.5. The molecule has 2 rings (SSSR count). The number of aryl methyl sites for hydroxylation is 2. The van der Waals surface area contributed by atoms with Gasteiger partial charge in [0.15, 0.2) is 0 Å². The second-order valence-corrected chi connectivity index (χ2v) is 4.25. The smallest absolute Gasteiger partial charge is 0.126 e. The number of hydrogen-bond acceptors (Lipinski definition) is 1. The Kier molecular flexibility index (Phi) is 4.09. The monoisotopic (exact) mass is 239 g/mol. The maximum atomic E-state index is 13.4. The minimum atomic E-state index is -0.127. The van der Waals surface area contributed by atoms with E-state index in [1.165, 1.54) is 11.6 Å². The third-order valence-corrected chi connectivity index (χ3v) is 2.95. The molecule has 2 aromatic rings. The van der Waals surface area contributed by atoms with Gasteiger partial charge in [-0.05, 0) is 48.6 Å². The van der Waals surface area contributed by atoms with E-state index in [1.807, 2.05) is 36.4 Å². The molecule has 18 heavy (non-hydrogen) atoms. The molecule has 0 saturated heterocycles. The summed E-state index contributed by atoms with van der Waals surface area (Å²) in [5.74, 6) is -0.127. The number of nitriles is 1. The van der Waals surface area contributed by atoms with E-state index >= 15 is 0 Å². The maximum absolute atomic E-state index is 13.4. The van der Waals surface area contributed by atoms with Gasteiger partial charge in [0.1, 0.15) is 5.82 Å². The van der Waals surface area contributed by atoms with Crippen molar-refractivity contribution >= 4 is 0 Å². The van der Waals surface area contributed by atoms with Gasteiger partial charge in [-0.25, -0.2) is 4.39 Å². The summed E-state index contributed by atoms with van der Waals surface area (Å²) in [7, 11) is 0. The number of benzene rings is 2. The van der Waals surface area contributed by atoms with Crippen LogP contribution in [0.1, 0.15) is 23.1 Å². The van der Waals surface area contributed by atoms with Gasteiger partial charge in [0.25, 0.3) is 0 Å². The average Bonchev–Trinajstić information content (AvgIpc) is 2.42. The fourth-order valence-electron chi connectivity index (χ4n) is 1.93. The molecule has 2 aromatic carbocycles. The van der Waals surface area contributed by atoms with E-state index in [4.69, 9.17) is 5.26 Å². The van der Waals surface area contributed by atoms with Crippen molar-refractivity contribution in [1.29, 1.82) is 5.26 Å². The lowest BCUT2D eigenvalue weighted by Gasteiger charge is -2.03. The fraction of sp³-hybridized carbons (Fsp3) is 0.188. The third-order valence-electron chi connectivity index (χ3n) is 2.95. The third kappa shape index (κ3) is 3.18. The molecule has 90 valence electrons. The van der Waals surface area contributed by atoms with Crippen molar-refractivity contribution in [3.63, 3.8) is 0 Å². The van der Waals surface area contributed by atoms with Gasteiger partial charge < -0.3 is 0 Å². The van der Waals surface area contributed by atoms with Crippen LogP contribution < -0.4 is 0 Å². The van der Waals surface area contributed by atoms with Crippen molar-refractivity contribution < 1.29 is 4.39 Å².